The lowest BCUT2D eigenvalue weighted by Gasteiger charge is -2.38. The summed E-state index contributed by atoms with van der Waals surface area (Å²) in [5.41, 5.74) is 0. The summed E-state index contributed by atoms with van der Waals surface area (Å²) in [6.07, 6.45) is 3.55. The number of hydrogen-bond donors (Lipinski definition) is 1. The quantitative estimate of drug-likeness (QED) is 0.765. The van der Waals surface area contributed by atoms with Gasteiger partial charge >= 0.3 is 5.97 Å². The lowest BCUT2D eigenvalue weighted by Crippen LogP contribution is -2.49. The molecule has 0 aromatic carbocycles. The van der Waals surface area contributed by atoms with Crippen molar-refractivity contribution in [3.63, 3.8) is 0 Å². The van der Waals surface area contributed by atoms with Crippen molar-refractivity contribution in [1.29, 1.82) is 0 Å². The van der Waals surface area contributed by atoms with Gasteiger partial charge in [-0.1, -0.05) is 0 Å². The van der Waals surface area contributed by atoms with Crippen LogP contribution in [0.1, 0.15) is 32.6 Å². The predicted octanol–water partition coefficient (Wildman–Crippen LogP) is 0.546. The van der Waals surface area contributed by atoms with E-state index >= 15 is 0 Å². The van der Waals surface area contributed by atoms with Crippen molar-refractivity contribution in [2.45, 2.75) is 44.7 Å². The fraction of sp³-hybridized carbons (Fsp3) is 0.833. The Morgan fingerprint density at radius 3 is 2.29 bits per heavy atom. The normalized spacial score (nSPS) is 27.4. The van der Waals surface area contributed by atoms with Crippen LogP contribution in [-0.2, 0) is 9.59 Å². The van der Waals surface area contributed by atoms with E-state index in [9.17, 15) is 9.59 Å². The first-order valence-corrected chi connectivity index (χ1v) is 6.33. The zero-order valence-corrected chi connectivity index (χ0v) is 10.3. The topological polar surface area (TPSA) is 60.9 Å². The van der Waals surface area contributed by atoms with Crippen LogP contribution in [-0.4, -0.2) is 58.5 Å². The molecule has 17 heavy (non-hydrogen) atoms. The summed E-state index contributed by atoms with van der Waals surface area (Å²) in [5.74, 6) is -0.573. The molecule has 0 radical (unpaired) electrons. The zero-order valence-electron chi connectivity index (χ0n) is 10.3. The molecular weight excluding hydrogens is 220 g/mol. The van der Waals surface area contributed by atoms with Gasteiger partial charge in [-0.25, -0.2) is 0 Å². The molecule has 2 fully saturated rings. The van der Waals surface area contributed by atoms with Crippen LogP contribution in [0.3, 0.4) is 0 Å². The number of rotatable bonds is 2. The Labute approximate surface area is 101 Å². The molecule has 2 heterocycles. The maximum Gasteiger partial charge on any atom is 0.320 e. The van der Waals surface area contributed by atoms with Gasteiger partial charge in [0.25, 0.3) is 0 Å². The standard InChI is InChI=1S/C12H20N2O3/c1-9(15)13-7-4-10(5-8-13)14-6-2-3-11(14)12(16)17/h10-11H,2-8H2,1H3,(H,16,17)/t11-/m1/s1. The minimum absolute atomic E-state index is 0.125. The first kappa shape index (κ1) is 12.4. The van der Waals surface area contributed by atoms with Crippen LogP contribution in [0.5, 0.6) is 0 Å². The van der Waals surface area contributed by atoms with E-state index < -0.39 is 5.97 Å². The number of likely N-dealkylation sites (tertiary alicyclic amines) is 2. The summed E-state index contributed by atoms with van der Waals surface area (Å²) >= 11 is 0. The molecule has 0 unspecified atom stereocenters. The summed E-state index contributed by atoms with van der Waals surface area (Å²) in [6.45, 7) is 4.02. The lowest BCUT2D eigenvalue weighted by molar-refractivity contribution is -0.144. The molecule has 0 aromatic heterocycles. The minimum atomic E-state index is -0.698. The van der Waals surface area contributed by atoms with Crippen LogP contribution in [0.25, 0.3) is 0 Å². The molecule has 1 N–H and O–H groups in total. The number of carbonyl (C=O) groups is 2. The van der Waals surface area contributed by atoms with Gasteiger partial charge in [0, 0.05) is 26.1 Å². The molecule has 5 nitrogen and oxygen atoms in total. The van der Waals surface area contributed by atoms with E-state index in [1.165, 1.54) is 0 Å². The van der Waals surface area contributed by atoms with E-state index in [-0.39, 0.29) is 11.9 Å². The third-order valence-electron chi connectivity index (χ3n) is 3.96. The molecule has 2 aliphatic heterocycles. The second kappa shape index (κ2) is 5.04. The number of carbonyl (C=O) groups excluding carboxylic acids is 1. The summed E-state index contributed by atoms with van der Waals surface area (Å²) < 4.78 is 0. The van der Waals surface area contributed by atoms with Crippen molar-refractivity contribution in [3.05, 3.63) is 0 Å². The highest BCUT2D eigenvalue weighted by atomic mass is 16.4. The third kappa shape index (κ3) is 2.60. The molecule has 0 aromatic rings. The minimum Gasteiger partial charge on any atom is -0.480 e. The average molecular weight is 240 g/mol. The van der Waals surface area contributed by atoms with Crippen LogP contribution >= 0.6 is 0 Å². The largest absolute Gasteiger partial charge is 0.480 e. The highest BCUT2D eigenvalue weighted by Crippen LogP contribution is 2.26. The Balaban J connectivity index is 1.92. The zero-order chi connectivity index (χ0) is 12.4. The molecule has 2 aliphatic rings. The molecule has 1 amide bonds. The SMILES string of the molecule is CC(=O)N1CCC(N2CCC[C@@H]2C(=O)O)CC1. The van der Waals surface area contributed by atoms with Crippen molar-refractivity contribution in [2.75, 3.05) is 19.6 Å². The van der Waals surface area contributed by atoms with Crippen molar-refractivity contribution < 1.29 is 14.7 Å². The maximum atomic E-state index is 11.2. The Kier molecular flexibility index (Phi) is 3.66. The number of carboxylic acid groups (broad SMARTS) is 1. The molecule has 0 saturated carbocycles. The lowest BCUT2D eigenvalue weighted by atomic mass is 10.0. The first-order valence-electron chi connectivity index (χ1n) is 6.33. The highest BCUT2D eigenvalue weighted by molar-refractivity contribution is 5.74. The number of hydrogen-bond acceptors (Lipinski definition) is 3. The number of carboxylic acids is 1. The maximum absolute atomic E-state index is 11.2. The Hall–Kier alpha value is -1.10. The van der Waals surface area contributed by atoms with Crippen molar-refractivity contribution in [1.82, 2.24) is 9.80 Å². The summed E-state index contributed by atoms with van der Waals surface area (Å²) in [7, 11) is 0. The van der Waals surface area contributed by atoms with Crippen molar-refractivity contribution in [2.24, 2.45) is 0 Å². The van der Waals surface area contributed by atoms with Gasteiger partial charge in [-0.15, -0.1) is 0 Å². The van der Waals surface area contributed by atoms with E-state index in [2.05, 4.69) is 4.90 Å². The van der Waals surface area contributed by atoms with Gasteiger partial charge in [0.05, 0.1) is 0 Å². The number of piperidine rings is 1. The molecular formula is C12H20N2O3. The first-order chi connectivity index (χ1) is 8.09. The fourth-order valence-corrected chi connectivity index (χ4v) is 3.00. The Morgan fingerprint density at radius 1 is 1.12 bits per heavy atom. The van der Waals surface area contributed by atoms with Gasteiger partial charge in [0.1, 0.15) is 6.04 Å². The molecule has 96 valence electrons. The monoisotopic (exact) mass is 240 g/mol. The van der Waals surface area contributed by atoms with E-state index in [1.807, 2.05) is 4.90 Å². The number of aliphatic carboxylic acids is 1. The summed E-state index contributed by atoms with van der Waals surface area (Å²) in [6, 6.07) is 0.0399. The smallest absolute Gasteiger partial charge is 0.320 e. The molecule has 0 bridgehead atoms. The van der Waals surface area contributed by atoms with Crippen LogP contribution in [0.2, 0.25) is 0 Å². The Bertz CT molecular complexity index is 311. The van der Waals surface area contributed by atoms with Crippen LogP contribution < -0.4 is 0 Å². The molecule has 0 aliphatic carbocycles. The second-order valence-electron chi connectivity index (χ2n) is 4.97. The van der Waals surface area contributed by atoms with Gasteiger partial charge < -0.3 is 10.0 Å². The van der Waals surface area contributed by atoms with Gasteiger partial charge in [-0.3, -0.25) is 14.5 Å². The van der Waals surface area contributed by atoms with Crippen molar-refractivity contribution in [3.8, 4) is 0 Å². The number of amides is 1. The van der Waals surface area contributed by atoms with E-state index in [1.54, 1.807) is 6.92 Å². The predicted molar refractivity (Wildman–Crippen MR) is 62.6 cm³/mol. The van der Waals surface area contributed by atoms with Crippen LogP contribution in [0.15, 0.2) is 0 Å². The fourth-order valence-electron chi connectivity index (χ4n) is 3.00. The molecule has 2 rings (SSSR count). The molecule has 5 heteroatoms. The van der Waals surface area contributed by atoms with Crippen LogP contribution in [0, 0.1) is 0 Å². The molecule has 1 atom stereocenters. The molecule has 2 saturated heterocycles. The van der Waals surface area contributed by atoms with E-state index in [0.29, 0.717) is 6.04 Å². The van der Waals surface area contributed by atoms with E-state index in [4.69, 9.17) is 5.11 Å². The average Bonchev–Trinajstić information content (AvgIpc) is 2.78. The summed E-state index contributed by atoms with van der Waals surface area (Å²) in [5, 5.41) is 9.15. The molecule has 0 spiro atoms. The van der Waals surface area contributed by atoms with E-state index in [0.717, 1.165) is 45.3 Å². The highest BCUT2D eigenvalue weighted by Gasteiger charge is 2.36. The second-order valence-corrected chi connectivity index (χ2v) is 4.97. The van der Waals surface area contributed by atoms with Gasteiger partial charge in [0.15, 0.2) is 0 Å². The summed E-state index contributed by atoms with van der Waals surface area (Å²) in [4.78, 5) is 26.3. The van der Waals surface area contributed by atoms with Gasteiger partial charge in [-0.2, -0.15) is 0 Å². The third-order valence-corrected chi connectivity index (χ3v) is 3.96. The van der Waals surface area contributed by atoms with Crippen molar-refractivity contribution >= 4 is 11.9 Å². The number of nitrogens with zero attached hydrogens (tertiary/aromatic N) is 2. The Morgan fingerprint density at radius 2 is 1.76 bits per heavy atom. The van der Waals surface area contributed by atoms with Gasteiger partial charge in [0.2, 0.25) is 5.91 Å². The van der Waals surface area contributed by atoms with Crippen LogP contribution in [0.4, 0.5) is 0 Å². The van der Waals surface area contributed by atoms with Gasteiger partial charge in [-0.05, 0) is 32.2 Å².